The summed E-state index contributed by atoms with van der Waals surface area (Å²) in [5.41, 5.74) is 2.17. The molecule has 7 nitrogen and oxygen atoms in total. The number of nitrogens with one attached hydrogen (secondary N) is 1. The van der Waals surface area contributed by atoms with Crippen LogP contribution in [0.15, 0.2) is 78.9 Å². The van der Waals surface area contributed by atoms with Gasteiger partial charge in [0.2, 0.25) is 6.10 Å². The third-order valence-corrected chi connectivity index (χ3v) is 4.91. The number of nitro groups is 1. The molecule has 3 aromatic carbocycles. The summed E-state index contributed by atoms with van der Waals surface area (Å²) in [6, 6.07) is 19.5. The summed E-state index contributed by atoms with van der Waals surface area (Å²) in [5, 5.41) is 14.1. The molecule has 0 aliphatic carbocycles. The van der Waals surface area contributed by atoms with Gasteiger partial charge >= 0.3 is 5.97 Å². The molecule has 3 aromatic rings. The first-order chi connectivity index (χ1) is 15.3. The van der Waals surface area contributed by atoms with Crippen molar-refractivity contribution in [1.29, 1.82) is 0 Å². The van der Waals surface area contributed by atoms with Crippen molar-refractivity contribution in [3.63, 3.8) is 0 Å². The number of halogens is 1. The number of hydrogen-bond donors (Lipinski definition) is 1. The Bertz CT molecular complexity index is 1180. The number of aryl methyl sites for hydroxylation is 1. The summed E-state index contributed by atoms with van der Waals surface area (Å²) >= 11 is 6.12. The molecular formula is C24H19ClN2O5. The van der Waals surface area contributed by atoms with Crippen LogP contribution in [-0.2, 0) is 14.3 Å². The topological polar surface area (TPSA) is 98.5 Å². The van der Waals surface area contributed by atoms with Gasteiger partial charge in [-0.3, -0.25) is 14.9 Å². The first-order valence-corrected chi connectivity index (χ1v) is 9.96. The van der Waals surface area contributed by atoms with Gasteiger partial charge in [0.1, 0.15) is 0 Å². The molecule has 0 saturated carbocycles. The lowest BCUT2D eigenvalue weighted by Crippen LogP contribution is -2.25. The van der Waals surface area contributed by atoms with Crippen molar-refractivity contribution in [2.45, 2.75) is 13.0 Å². The molecule has 1 N–H and O–H groups in total. The molecule has 3 rings (SSSR count). The fourth-order valence-electron chi connectivity index (χ4n) is 2.84. The van der Waals surface area contributed by atoms with Gasteiger partial charge in [0.05, 0.1) is 4.92 Å². The lowest BCUT2D eigenvalue weighted by atomic mass is 10.1. The summed E-state index contributed by atoms with van der Waals surface area (Å²) in [6.45, 7) is 1.84. The molecule has 0 aliphatic rings. The van der Waals surface area contributed by atoms with E-state index in [1.54, 1.807) is 54.6 Å². The lowest BCUT2D eigenvalue weighted by Gasteiger charge is -2.17. The first-order valence-electron chi connectivity index (χ1n) is 9.58. The van der Waals surface area contributed by atoms with Crippen LogP contribution in [0.1, 0.15) is 22.8 Å². The fourth-order valence-corrected chi connectivity index (χ4v) is 3.02. The molecule has 0 radical (unpaired) electrons. The molecule has 1 amide bonds. The van der Waals surface area contributed by atoms with E-state index in [0.717, 1.165) is 11.6 Å². The van der Waals surface area contributed by atoms with Crippen molar-refractivity contribution < 1.29 is 19.2 Å². The minimum absolute atomic E-state index is 0.0983. The number of amides is 1. The molecule has 0 unspecified atom stereocenters. The lowest BCUT2D eigenvalue weighted by molar-refractivity contribution is -0.384. The monoisotopic (exact) mass is 450 g/mol. The maximum atomic E-state index is 12.9. The van der Waals surface area contributed by atoms with Gasteiger partial charge < -0.3 is 10.1 Å². The molecule has 0 aliphatic heterocycles. The Morgan fingerprint density at radius 3 is 2.50 bits per heavy atom. The highest BCUT2D eigenvalue weighted by Gasteiger charge is 2.24. The highest BCUT2D eigenvalue weighted by atomic mass is 35.5. The van der Waals surface area contributed by atoms with Gasteiger partial charge in [-0.2, -0.15) is 0 Å². The van der Waals surface area contributed by atoms with Crippen LogP contribution in [0.3, 0.4) is 0 Å². The molecule has 1 atom stereocenters. The fraction of sp³-hybridized carbons (Fsp3) is 0.0833. The summed E-state index contributed by atoms with van der Waals surface area (Å²) in [5.74, 6) is -1.32. The molecule has 32 heavy (non-hydrogen) atoms. The number of non-ortho nitro benzene ring substituents is 1. The smallest absolute Gasteiger partial charge is 0.331 e. The molecule has 8 heteroatoms. The van der Waals surface area contributed by atoms with E-state index in [2.05, 4.69) is 5.32 Å². The summed E-state index contributed by atoms with van der Waals surface area (Å²) in [7, 11) is 0. The van der Waals surface area contributed by atoms with Crippen molar-refractivity contribution in [1.82, 2.24) is 0 Å². The van der Waals surface area contributed by atoms with Crippen molar-refractivity contribution >= 4 is 40.9 Å². The Kier molecular flexibility index (Phi) is 7.36. The Labute approximate surface area is 189 Å². The number of benzene rings is 3. The van der Waals surface area contributed by atoms with E-state index in [9.17, 15) is 19.7 Å². The second-order valence-corrected chi connectivity index (χ2v) is 7.27. The van der Waals surface area contributed by atoms with Crippen molar-refractivity contribution in [3.05, 3.63) is 111 Å². The number of carbonyl (C=O) groups is 2. The van der Waals surface area contributed by atoms with Crippen molar-refractivity contribution in [2.75, 3.05) is 5.32 Å². The molecular weight excluding hydrogens is 432 g/mol. The van der Waals surface area contributed by atoms with Gasteiger partial charge in [0, 0.05) is 34.5 Å². The number of nitro benzene ring substituents is 1. The number of anilines is 1. The van der Waals surface area contributed by atoms with Gasteiger partial charge in [0.25, 0.3) is 11.6 Å². The Morgan fingerprint density at radius 1 is 1.06 bits per heavy atom. The van der Waals surface area contributed by atoms with E-state index in [0.29, 0.717) is 21.8 Å². The second kappa shape index (κ2) is 10.4. The van der Waals surface area contributed by atoms with Crippen molar-refractivity contribution in [2.24, 2.45) is 0 Å². The van der Waals surface area contributed by atoms with E-state index < -0.39 is 22.9 Å². The number of rotatable bonds is 7. The normalized spacial score (nSPS) is 11.7. The van der Waals surface area contributed by atoms with Gasteiger partial charge in [-0.05, 0) is 36.3 Å². The van der Waals surface area contributed by atoms with E-state index in [1.807, 2.05) is 6.92 Å². The first kappa shape index (κ1) is 22.7. The van der Waals surface area contributed by atoms with Crippen molar-refractivity contribution in [3.8, 4) is 0 Å². The van der Waals surface area contributed by atoms with Crippen LogP contribution in [-0.4, -0.2) is 16.8 Å². The molecule has 0 fully saturated rings. The number of carbonyl (C=O) groups excluding carboxylic acids is 2. The second-order valence-electron chi connectivity index (χ2n) is 6.87. The zero-order valence-corrected chi connectivity index (χ0v) is 17.8. The van der Waals surface area contributed by atoms with Crippen LogP contribution in [0.5, 0.6) is 0 Å². The van der Waals surface area contributed by atoms with E-state index >= 15 is 0 Å². The Balaban J connectivity index is 1.77. The zero-order chi connectivity index (χ0) is 23.1. The molecule has 0 heterocycles. The average Bonchev–Trinajstić information content (AvgIpc) is 2.79. The van der Waals surface area contributed by atoms with Crippen LogP contribution in [0.4, 0.5) is 11.4 Å². The van der Waals surface area contributed by atoms with Crippen LogP contribution < -0.4 is 5.32 Å². The molecule has 0 bridgehead atoms. The highest BCUT2D eigenvalue weighted by Crippen LogP contribution is 2.24. The largest absolute Gasteiger partial charge is 0.444 e. The third kappa shape index (κ3) is 6.02. The van der Waals surface area contributed by atoms with Crippen LogP contribution in [0.2, 0.25) is 5.02 Å². The summed E-state index contributed by atoms with van der Waals surface area (Å²) < 4.78 is 5.42. The molecule has 0 saturated heterocycles. The predicted octanol–water partition coefficient (Wildman–Crippen LogP) is 5.49. The summed E-state index contributed by atoms with van der Waals surface area (Å²) in [4.78, 5) is 35.7. The number of ether oxygens (including phenoxy) is 1. The standard InChI is InChI=1S/C24H19ClN2O5/c1-16-10-12-19(15-21(16)25)26-24(29)23(18-7-3-2-4-8-18)32-22(28)13-11-17-6-5-9-20(14-17)27(30)31/h2-15,23H,1H3,(H,26,29)/b13-11+/t23-/m1/s1. The van der Waals surface area contributed by atoms with E-state index in [4.69, 9.17) is 16.3 Å². The zero-order valence-electron chi connectivity index (χ0n) is 17.0. The summed E-state index contributed by atoms with van der Waals surface area (Å²) in [6.07, 6.45) is 1.29. The SMILES string of the molecule is Cc1ccc(NC(=O)[C@H](OC(=O)/C=C/c2cccc([N+](=O)[O-])c2)c2ccccc2)cc1Cl. The third-order valence-electron chi connectivity index (χ3n) is 4.51. The van der Waals surface area contributed by atoms with Gasteiger partial charge in [-0.15, -0.1) is 0 Å². The Hall–Kier alpha value is -3.97. The average molecular weight is 451 g/mol. The number of esters is 1. The van der Waals surface area contributed by atoms with Crippen LogP contribution >= 0.6 is 11.6 Å². The molecule has 162 valence electrons. The number of nitrogens with zero attached hydrogens (tertiary/aromatic N) is 1. The maximum absolute atomic E-state index is 12.9. The van der Waals surface area contributed by atoms with Crippen LogP contribution in [0, 0.1) is 17.0 Å². The predicted molar refractivity (Wildman–Crippen MR) is 122 cm³/mol. The van der Waals surface area contributed by atoms with E-state index in [-0.39, 0.29) is 5.69 Å². The van der Waals surface area contributed by atoms with Gasteiger partial charge in [0.15, 0.2) is 0 Å². The van der Waals surface area contributed by atoms with Crippen LogP contribution in [0.25, 0.3) is 6.08 Å². The van der Waals surface area contributed by atoms with Gasteiger partial charge in [-0.25, -0.2) is 4.79 Å². The van der Waals surface area contributed by atoms with E-state index in [1.165, 1.54) is 24.3 Å². The maximum Gasteiger partial charge on any atom is 0.331 e. The quantitative estimate of drug-likeness (QED) is 0.222. The molecule has 0 spiro atoms. The molecule has 0 aromatic heterocycles. The van der Waals surface area contributed by atoms with Gasteiger partial charge in [-0.1, -0.05) is 60.1 Å². The Morgan fingerprint density at radius 2 is 1.81 bits per heavy atom. The minimum Gasteiger partial charge on any atom is -0.444 e. The number of hydrogen-bond acceptors (Lipinski definition) is 5. The highest BCUT2D eigenvalue weighted by molar-refractivity contribution is 6.31. The minimum atomic E-state index is -1.21.